The fourth-order valence-corrected chi connectivity index (χ4v) is 3.69. The normalized spacial score (nSPS) is 19.6. The predicted octanol–water partition coefficient (Wildman–Crippen LogP) is 3.51. The van der Waals surface area contributed by atoms with Gasteiger partial charge in [-0.2, -0.15) is 0 Å². The first kappa shape index (κ1) is 20.4. The summed E-state index contributed by atoms with van der Waals surface area (Å²) in [5.41, 5.74) is 1.87. The molecule has 1 aromatic carbocycles. The molecule has 6 heteroatoms. The Hall–Kier alpha value is -2.31. The maximum Gasteiger partial charge on any atom is 0.253 e. The Morgan fingerprint density at radius 3 is 2.68 bits per heavy atom. The zero-order chi connectivity index (χ0) is 19.9. The number of rotatable bonds is 7. The van der Waals surface area contributed by atoms with Crippen LogP contribution in [0.25, 0.3) is 11.3 Å². The van der Waals surface area contributed by atoms with Crippen LogP contribution >= 0.6 is 0 Å². The van der Waals surface area contributed by atoms with Gasteiger partial charge < -0.3 is 15.0 Å². The van der Waals surface area contributed by atoms with Crippen molar-refractivity contribution in [3.05, 3.63) is 54.0 Å². The maximum atomic E-state index is 13.4. The maximum absolute atomic E-state index is 13.4. The molecule has 0 aliphatic heterocycles. The quantitative estimate of drug-likeness (QED) is 0.793. The zero-order valence-corrected chi connectivity index (χ0v) is 16.5. The number of methoxy groups -OCH3 is 1. The van der Waals surface area contributed by atoms with Crippen molar-refractivity contribution < 1.29 is 13.9 Å². The van der Waals surface area contributed by atoms with E-state index >= 15 is 0 Å². The Morgan fingerprint density at radius 1 is 1.25 bits per heavy atom. The molecule has 1 amide bonds. The second kappa shape index (κ2) is 9.75. The summed E-state index contributed by atoms with van der Waals surface area (Å²) < 4.78 is 18.5. The van der Waals surface area contributed by atoms with Crippen LogP contribution < -0.4 is 5.32 Å². The molecule has 0 saturated heterocycles. The fraction of sp³-hybridized carbons (Fsp3) is 0.455. The molecule has 1 saturated carbocycles. The van der Waals surface area contributed by atoms with Gasteiger partial charge in [0.1, 0.15) is 5.82 Å². The number of amides is 1. The highest BCUT2D eigenvalue weighted by Gasteiger charge is 2.25. The molecule has 3 rings (SSSR count). The number of carbonyl (C=O) groups is 1. The minimum atomic E-state index is -0.301. The lowest BCUT2D eigenvalue weighted by Gasteiger charge is -2.34. The number of pyridine rings is 1. The van der Waals surface area contributed by atoms with Crippen LogP contribution in [-0.4, -0.2) is 55.2 Å². The van der Waals surface area contributed by atoms with Gasteiger partial charge in [-0.3, -0.25) is 9.78 Å². The summed E-state index contributed by atoms with van der Waals surface area (Å²) in [6, 6.07) is 10.5. The van der Waals surface area contributed by atoms with E-state index in [1.165, 1.54) is 12.1 Å². The minimum absolute atomic E-state index is 0.102. The summed E-state index contributed by atoms with van der Waals surface area (Å²) in [4.78, 5) is 19.2. The second-order valence-electron chi connectivity index (χ2n) is 7.39. The van der Waals surface area contributed by atoms with Crippen molar-refractivity contribution in [2.24, 2.45) is 0 Å². The third-order valence-electron chi connectivity index (χ3n) is 5.45. The highest BCUT2D eigenvalue weighted by Crippen LogP contribution is 2.23. The molecular formula is C22H28FN3O2. The summed E-state index contributed by atoms with van der Waals surface area (Å²) in [7, 11) is 3.86. The number of halogens is 1. The van der Waals surface area contributed by atoms with Crippen molar-refractivity contribution in [1.29, 1.82) is 0 Å². The minimum Gasteiger partial charge on any atom is -0.383 e. The second-order valence-corrected chi connectivity index (χ2v) is 7.39. The molecule has 0 spiro atoms. The van der Waals surface area contributed by atoms with Crippen LogP contribution in [0.1, 0.15) is 36.0 Å². The van der Waals surface area contributed by atoms with Crippen LogP contribution in [-0.2, 0) is 4.74 Å². The molecule has 1 heterocycles. The monoisotopic (exact) mass is 385 g/mol. The first-order valence-corrected chi connectivity index (χ1v) is 9.79. The van der Waals surface area contributed by atoms with Crippen LogP contribution in [0.4, 0.5) is 4.39 Å². The lowest BCUT2D eigenvalue weighted by Crippen LogP contribution is -2.43. The van der Waals surface area contributed by atoms with Gasteiger partial charge in [-0.15, -0.1) is 0 Å². The van der Waals surface area contributed by atoms with Crippen molar-refractivity contribution in [3.63, 3.8) is 0 Å². The van der Waals surface area contributed by atoms with Gasteiger partial charge in [0.05, 0.1) is 17.9 Å². The van der Waals surface area contributed by atoms with Crippen LogP contribution in [0.2, 0.25) is 0 Å². The summed E-state index contributed by atoms with van der Waals surface area (Å²) in [5.74, 6) is -0.404. The van der Waals surface area contributed by atoms with Crippen LogP contribution in [0.3, 0.4) is 0 Å². The van der Waals surface area contributed by atoms with Crippen LogP contribution in [0.15, 0.2) is 42.6 Å². The van der Waals surface area contributed by atoms with Gasteiger partial charge in [-0.1, -0.05) is 12.1 Å². The van der Waals surface area contributed by atoms with E-state index in [9.17, 15) is 9.18 Å². The first-order chi connectivity index (χ1) is 13.6. The van der Waals surface area contributed by atoms with Crippen molar-refractivity contribution in [2.75, 3.05) is 27.3 Å². The Morgan fingerprint density at radius 2 is 2.04 bits per heavy atom. The lowest BCUT2D eigenvalue weighted by molar-refractivity contribution is 0.0896. The summed E-state index contributed by atoms with van der Waals surface area (Å²) in [6.45, 7) is 1.67. The Labute approximate surface area is 165 Å². The molecule has 1 N–H and O–H groups in total. The number of likely N-dealkylation sites (N-methyl/N-ethyl adjacent to an activating group) is 1. The third kappa shape index (κ3) is 5.36. The van der Waals surface area contributed by atoms with E-state index in [1.54, 1.807) is 37.6 Å². The Balaban J connectivity index is 1.51. The lowest BCUT2D eigenvalue weighted by atomic mass is 9.90. The summed E-state index contributed by atoms with van der Waals surface area (Å²) in [6.07, 6.45) is 5.65. The summed E-state index contributed by atoms with van der Waals surface area (Å²) in [5, 5.41) is 3.12. The van der Waals surface area contributed by atoms with Gasteiger partial charge in [0.25, 0.3) is 5.91 Å². The molecule has 1 aliphatic rings. The Bertz CT molecular complexity index is 774. The number of nitrogens with one attached hydrogen (secondary N) is 1. The largest absolute Gasteiger partial charge is 0.383 e. The molecule has 1 aliphatic carbocycles. The zero-order valence-electron chi connectivity index (χ0n) is 16.5. The first-order valence-electron chi connectivity index (χ1n) is 9.79. The van der Waals surface area contributed by atoms with Gasteiger partial charge in [0.15, 0.2) is 0 Å². The molecule has 0 radical (unpaired) electrons. The molecule has 5 nitrogen and oxygen atoms in total. The summed E-state index contributed by atoms with van der Waals surface area (Å²) >= 11 is 0. The predicted molar refractivity (Wildman–Crippen MR) is 108 cm³/mol. The average Bonchev–Trinajstić information content (AvgIpc) is 2.72. The van der Waals surface area contributed by atoms with Gasteiger partial charge in [-0.25, -0.2) is 4.39 Å². The van der Waals surface area contributed by atoms with Gasteiger partial charge in [0.2, 0.25) is 0 Å². The van der Waals surface area contributed by atoms with Crippen molar-refractivity contribution >= 4 is 5.91 Å². The van der Waals surface area contributed by atoms with E-state index in [2.05, 4.69) is 22.2 Å². The van der Waals surface area contributed by atoms with E-state index in [-0.39, 0.29) is 17.8 Å². The fourth-order valence-electron chi connectivity index (χ4n) is 3.69. The number of carbonyl (C=O) groups excluding carboxylic acids is 1. The molecule has 150 valence electrons. The smallest absolute Gasteiger partial charge is 0.253 e. The molecule has 2 aromatic rings. The van der Waals surface area contributed by atoms with Crippen LogP contribution in [0, 0.1) is 5.82 Å². The molecule has 0 bridgehead atoms. The Kier molecular flexibility index (Phi) is 7.12. The number of aromatic nitrogens is 1. The molecule has 28 heavy (non-hydrogen) atoms. The SMILES string of the molecule is COCCN(C)C1CCC(NC(=O)c2ccc(-c3cccc(F)c3)nc2)CC1. The standard InChI is InChI=1S/C22H28FN3O2/c1-26(12-13-28-2)20-9-7-19(8-10-20)25-22(27)17-6-11-21(24-15-17)16-4-3-5-18(23)14-16/h3-6,11,14-15,19-20H,7-10,12-13H2,1-2H3,(H,25,27). The van der Waals surface area contributed by atoms with Crippen LogP contribution in [0.5, 0.6) is 0 Å². The highest BCUT2D eigenvalue weighted by atomic mass is 19.1. The molecule has 0 unspecified atom stereocenters. The number of ether oxygens (including phenoxy) is 1. The number of hydrogen-bond acceptors (Lipinski definition) is 4. The van der Waals surface area contributed by atoms with E-state index in [4.69, 9.17) is 4.74 Å². The average molecular weight is 385 g/mol. The number of benzene rings is 1. The highest BCUT2D eigenvalue weighted by molar-refractivity contribution is 5.94. The van der Waals surface area contributed by atoms with Crippen molar-refractivity contribution in [3.8, 4) is 11.3 Å². The van der Waals surface area contributed by atoms with Crippen molar-refractivity contribution in [2.45, 2.75) is 37.8 Å². The van der Waals surface area contributed by atoms with Gasteiger partial charge in [-0.05, 0) is 57.0 Å². The van der Waals surface area contributed by atoms with E-state index in [1.807, 2.05) is 0 Å². The van der Waals surface area contributed by atoms with Gasteiger partial charge in [0, 0.05) is 37.5 Å². The molecular weight excluding hydrogens is 357 g/mol. The molecule has 1 fully saturated rings. The third-order valence-corrected chi connectivity index (χ3v) is 5.45. The number of hydrogen-bond donors (Lipinski definition) is 1. The van der Waals surface area contributed by atoms with E-state index in [0.717, 1.165) is 38.8 Å². The molecule has 1 aromatic heterocycles. The van der Waals surface area contributed by atoms with E-state index < -0.39 is 0 Å². The topological polar surface area (TPSA) is 54.5 Å². The number of nitrogens with zero attached hydrogens (tertiary/aromatic N) is 2. The van der Waals surface area contributed by atoms with E-state index in [0.29, 0.717) is 22.9 Å². The van der Waals surface area contributed by atoms with Gasteiger partial charge >= 0.3 is 0 Å². The van der Waals surface area contributed by atoms with Crippen molar-refractivity contribution in [1.82, 2.24) is 15.2 Å². The molecule has 0 atom stereocenters.